The van der Waals surface area contributed by atoms with Crippen LogP contribution in [-0.4, -0.2) is 11.7 Å². The average molecular weight is 773 g/mol. The van der Waals surface area contributed by atoms with Crippen molar-refractivity contribution in [1.29, 1.82) is 0 Å². The largest absolute Gasteiger partial charge is 0.310 e. The smallest absolute Gasteiger partial charge is 0.243 e. The molecule has 2 nitrogen and oxygen atoms in total. The van der Waals surface area contributed by atoms with Gasteiger partial charge in [-0.1, -0.05) is 186 Å². The van der Waals surface area contributed by atoms with E-state index >= 15 is 0 Å². The third kappa shape index (κ3) is 4.89. The topological polar surface area (TPSA) is 16.1 Å². The van der Waals surface area contributed by atoms with E-state index in [-0.39, 0.29) is 6.71 Å². The molecule has 0 saturated carbocycles. The molecule has 1 aliphatic carbocycles. The van der Waals surface area contributed by atoms with Crippen LogP contribution >= 0.6 is 0 Å². The van der Waals surface area contributed by atoms with E-state index in [1.807, 2.05) is 0 Å². The Morgan fingerprint density at radius 3 is 1.84 bits per heavy atom. The fourth-order valence-electron chi connectivity index (χ4n) is 11.1. The molecule has 0 radical (unpaired) electrons. The first kappa shape index (κ1) is 34.1. The van der Waals surface area contributed by atoms with Gasteiger partial charge in [0.1, 0.15) is 0 Å². The summed E-state index contributed by atoms with van der Waals surface area (Å²) < 4.78 is 0. The number of para-hydroxylation sites is 3. The minimum absolute atomic E-state index is 0.109. The van der Waals surface area contributed by atoms with Crippen LogP contribution in [-0.2, 0) is 5.41 Å². The first-order valence-electron chi connectivity index (χ1n) is 21.2. The van der Waals surface area contributed by atoms with E-state index in [9.17, 15) is 0 Å². The summed E-state index contributed by atoms with van der Waals surface area (Å²) >= 11 is 0. The molecule has 9 aromatic carbocycles. The van der Waals surface area contributed by atoms with Gasteiger partial charge in [0.2, 0.25) is 6.71 Å². The highest BCUT2D eigenvalue weighted by atomic mass is 15.1. The number of rotatable bonds is 5. The van der Waals surface area contributed by atoms with Crippen LogP contribution in [0.3, 0.4) is 0 Å². The molecule has 13 rings (SSSR count). The van der Waals surface area contributed by atoms with Gasteiger partial charge < -0.3 is 4.90 Å². The minimum Gasteiger partial charge on any atom is -0.310 e. The predicted octanol–water partition coefficient (Wildman–Crippen LogP) is 12.2. The van der Waals surface area contributed by atoms with E-state index < -0.39 is 5.41 Å². The monoisotopic (exact) mass is 772 g/mol. The molecular weight excluding hydrogens is 735 g/mol. The maximum Gasteiger partial charge on any atom is 0.243 e. The number of fused-ring (bicyclic) bond motifs is 13. The predicted molar refractivity (Wildman–Crippen MR) is 255 cm³/mol. The summed E-state index contributed by atoms with van der Waals surface area (Å²) in [5.74, 6) is 0. The molecule has 0 fully saturated rings. The van der Waals surface area contributed by atoms with Gasteiger partial charge in [0, 0.05) is 28.0 Å². The van der Waals surface area contributed by atoms with Gasteiger partial charge in [-0.05, 0) is 110 Å². The second-order valence-electron chi connectivity index (χ2n) is 16.6. The molecule has 1 spiro atoms. The van der Waals surface area contributed by atoms with Crippen LogP contribution in [0, 0.1) is 0 Å². The quantitative estimate of drug-likeness (QED) is 0.162. The van der Waals surface area contributed by atoms with Gasteiger partial charge in [-0.2, -0.15) is 0 Å². The first-order valence-corrected chi connectivity index (χ1v) is 21.2. The zero-order valence-electron chi connectivity index (χ0n) is 33.3. The van der Waals surface area contributed by atoms with Gasteiger partial charge in [0.25, 0.3) is 0 Å². The van der Waals surface area contributed by atoms with E-state index in [4.69, 9.17) is 4.98 Å². The van der Waals surface area contributed by atoms with Crippen molar-refractivity contribution < 1.29 is 0 Å². The molecule has 1 aromatic heterocycles. The normalized spacial score (nSPS) is 14.9. The summed E-state index contributed by atoms with van der Waals surface area (Å²) in [6.45, 7) is 0.109. The molecule has 0 N–H and O–H groups in total. The van der Waals surface area contributed by atoms with E-state index in [0.29, 0.717) is 0 Å². The van der Waals surface area contributed by atoms with E-state index in [1.165, 1.54) is 72.0 Å². The summed E-state index contributed by atoms with van der Waals surface area (Å²) in [4.78, 5) is 7.52. The summed E-state index contributed by atoms with van der Waals surface area (Å²) in [6.07, 6.45) is 0. The van der Waals surface area contributed by atoms with Crippen molar-refractivity contribution in [2.24, 2.45) is 0 Å². The zero-order valence-corrected chi connectivity index (χ0v) is 33.3. The Bertz CT molecular complexity index is 3350. The van der Waals surface area contributed by atoms with Crippen molar-refractivity contribution >= 4 is 51.1 Å². The first-order chi connectivity index (χ1) is 30.3. The lowest BCUT2D eigenvalue weighted by atomic mass is 9.32. The summed E-state index contributed by atoms with van der Waals surface area (Å²) in [7, 11) is 0. The number of anilines is 3. The van der Waals surface area contributed by atoms with Crippen LogP contribution in [0.5, 0.6) is 0 Å². The maximum absolute atomic E-state index is 5.18. The highest BCUT2D eigenvalue weighted by Crippen LogP contribution is 2.58. The van der Waals surface area contributed by atoms with Crippen molar-refractivity contribution in [3.05, 3.63) is 247 Å². The average Bonchev–Trinajstić information content (AvgIpc) is 3.82. The standard InChI is InChI=1S/C58H37BN2/c1-3-17-42(18-4-1)61(43-19-5-2-6-20-43)44-21-13-16-39(35-44)40-29-33-47-48-23-14-26-51-57(48)59(54(47)37-40)53-27-11-10-25-50(53)58(51)49-24-9-8-22-45(49)46-32-30-41(36-52(46)58)56-34-31-38-15-7-12-28-55(38)60-56/h1-37H. The number of hydrogen-bond donors (Lipinski definition) is 0. The summed E-state index contributed by atoms with van der Waals surface area (Å²) in [5, 5.41) is 1.15. The fourth-order valence-corrected chi connectivity index (χ4v) is 11.1. The van der Waals surface area contributed by atoms with E-state index in [2.05, 4.69) is 229 Å². The Balaban J connectivity index is 0.991. The summed E-state index contributed by atoms with van der Waals surface area (Å²) in [6, 6.07) is 82.8. The van der Waals surface area contributed by atoms with Gasteiger partial charge in [-0.25, -0.2) is 4.98 Å². The second-order valence-corrected chi connectivity index (χ2v) is 16.6. The molecule has 0 bridgehead atoms. The number of pyridine rings is 1. The number of nitrogens with zero attached hydrogens (tertiary/aromatic N) is 2. The van der Waals surface area contributed by atoms with E-state index in [1.54, 1.807) is 0 Å². The van der Waals surface area contributed by atoms with Gasteiger partial charge in [-0.3, -0.25) is 0 Å². The van der Waals surface area contributed by atoms with Crippen LogP contribution in [0.15, 0.2) is 224 Å². The zero-order chi connectivity index (χ0) is 40.1. The lowest BCUT2D eigenvalue weighted by Gasteiger charge is -2.42. The summed E-state index contributed by atoms with van der Waals surface area (Å²) in [5.41, 5.74) is 23.3. The number of benzene rings is 9. The van der Waals surface area contributed by atoms with Crippen molar-refractivity contribution in [3.8, 4) is 44.6 Å². The van der Waals surface area contributed by atoms with Crippen LogP contribution < -0.4 is 21.3 Å². The van der Waals surface area contributed by atoms with Gasteiger partial charge in [0.05, 0.1) is 16.6 Å². The SMILES string of the molecule is c1ccc(N(c2ccccc2)c2cccc(-c3ccc4c(c3)B3c5ccccc5C5(c6ccccc6-c6ccc(-c7ccc8ccccc8n7)cc65)c5cccc-4c53)c2)cc1. The van der Waals surface area contributed by atoms with Crippen molar-refractivity contribution in [2.75, 3.05) is 4.90 Å². The number of aromatic nitrogens is 1. The fraction of sp³-hybridized carbons (Fsp3) is 0.0172. The second kappa shape index (κ2) is 13.1. The van der Waals surface area contributed by atoms with Gasteiger partial charge in [-0.15, -0.1) is 0 Å². The molecule has 0 saturated heterocycles. The molecule has 282 valence electrons. The lowest BCUT2D eigenvalue weighted by molar-refractivity contribution is 0.776. The Kier molecular flexibility index (Phi) is 7.35. The molecule has 0 amide bonds. The molecule has 2 aliphatic heterocycles. The van der Waals surface area contributed by atoms with Crippen LogP contribution in [0.25, 0.3) is 55.5 Å². The highest BCUT2D eigenvalue weighted by molar-refractivity contribution is 7.00. The third-order valence-corrected chi connectivity index (χ3v) is 13.5. The van der Waals surface area contributed by atoms with Gasteiger partial charge >= 0.3 is 0 Å². The minimum atomic E-state index is -0.491. The van der Waals surface area contributed by atoms with Crippen LogP contribution in [0.1, 0.15) is 22.3 Å². The molecular formula is C58H37BN2. The Hall–Kier alpha value is -7.75. The number of hydrogen-bond acceptors (Lipinski definition) is 2. The van der Waals surface area contributed by atoms with Crippen molar-refractivity contribution in [3.63, 3.8) is 0 Å². The van der Waals surface area contributed by atoms with E-state index in [0.717, 1.165) is 39.2 Å². The molecule has 10 aromatic rings. The maximum atomic E-state index is 5.18. The third-order valence-electron chi connectivity index (χ3n) is 13.5. The Morgan fingerprint density at radius 2 is 0.984 bits per heavy atom. The van der Waals surface area contributed by atoms with Gasteiger partial charge in [0.15, 0.2) is 0 Å². The molecule has 1 unspecified atom stereocenters. The van der Waals surface area contributed by atoms with Crippen molar-refractivity contribution in [1.82, 2.24) is 4.98 Å². The Morgan fingerprint density at radius 1 is 0.361 bits per heavy atom. The van der Waals surface area contributed by atoms with Crippen molar-refractivity contribution in [2.45, 2.75) is 5.41 Å². The molecule has 61 heavy (non-hydrogen) atoms. The Labute approximate surface area is 356 Å². The lowest BCUT2D eigenvalue weighted by Crippen LogP contribution is -2.59. The molecule has 1 atom stereocenters. The molecule has 3 heterocycles. The molecule has 3 aliphatic rings. The van der Waals surface area contributed by atoms with Crippen LogP contribution in [0.4, 0.5) is 17.1 Å². The highest BCUT2D eigenvalue weighted by Gasteiger charge is 2.54. The van der Waals surface area contributed by atoms with Crippen LogP contribution in [0.2, 0.25) is 0 Å². The molecule has 3 heteroatoms.